The molecule has 0 spiro atoms. The Hall–Kier alpha value is -1.79. The van der Waals surface area contributed by atoms with Gasteiger partial charge >= 0.3 is 6.11 Å². The third kappa shape index (κ3) is 3.12. The van der Waals surface area contributed by atoms with Crippen LogP contribution in [0, 0.1) is 34.3 Å². The van der Waals surface area contributed by atoms with E-state index in [1.807, 2.05) is 0 Å². The first-order valence-corrected chi connectivity index (χ1v) is 10.2. The number of fused-ring (bicyclic) bond motifs is 2. The molecule has 0 amide bonds. The fourth-order valence-corrected chi connectivity index (χ4v) is 5.54. The van der Waals surface area contributed by atoms with Gasteiger partial charge < -0.3 is 9.84 Å². The lowest BCUT2D eigenvalue weighted by molar-refractivity contribution is -0.264. The second-order valence-electron chi connectivity index (χ2n) is 9.09. The van der Waals surface area contributed by atoms with Crippen LogP contribution in [-0.2, 0) is 0 Å². The van der Waals surface area contributed by atoms with Crippen LogP contribution in [0.15, 0.2) is 24.0 Å². The van der Waals surface area contributed by atoms with Crippen molar-refractivity contribution in [2.45, 2.75) is 64.4 Å². The molecule has 1 aromatic carbocycles. The maximum absolute atomic E-state index is 15.2. The van der Waals surface area contributed by atoms with Crippen molar-refractivity contribution in [2.24, 2.45) is 22.7 Å². The Morgan fingerprint density at radius 2 is 1.59 bits per heavy atom. The van der Waals surface area contributed by atoms with Crippen molar-refractivity contribution < 1.29 is 31.8 Å². The molecule has 0 aromatic heterocycles. The molecule has 0 atom stereocenters. The largest absolute Gasteiger partial charge is 0.505 e. The van der Waals surface area contributed by atoms with Gasteiger partial charge in [-0.3, -0.25) is 0 Å². The lowest BCUT2D eigenvalue weighted by atomic mass is 9.51. The van der Waals surface area contributed by atoms with E-state index in [0.717, 1.165) is 43.9 Å². The number of allylic oxidation sites excluding steroid dienone is 1. The van der Waals surface area contributed by atoms with E-state index in [1.165, 1.54) is 0 Å². The number of alkyl halides is 2. The third-order valence-electron chi connectivity index (χ3n) is 7.55. The molecular weight excluding hydrogens is 391 g/mol. The summed E-state index contributed by atoms with van der Waals surface area (Å²) in [5, 5.41) is 9.16. The standard InChI is InChI=1S/C22H25F5O2/c1-13-2-4-14(5-3-13)21-10-8-20(9-11-21,12-17(21)23)22(26,27)29-16-7-6-15(28)18(24)19(16)25/h6-7,12-14,28H,2-5,8-11H2,1H3. The minimum absolute atomic E-state index is 0.0294. The zero-order valence-electron chi connectivity index (χ0n) is 16.3. The van der Waals surface area contributed by atoms with Crippen LogP contribution in [0.1, 0.15) is 58.3 Å². The molecule has 1 aromatic rings. The number of halogens is 5. The van der Waals surface area contributed by atoms with E-state index in [-0.39, 0.29) is 18.8 Å². The molecule has 2 bridgehead atoms. The molecule has 5 rings (SSSR count). The summed E-state index contributed by atoms with van der Waals surface area (Å²) in [6.07, 6.45) is 1.60. The fraction of sp³-hybridized carbons (Fsp3) is 0.636. The van der Waals surface area contributed by atoms with Crippen molar-refractivity contribution in [1.82, 2.24) is 0 Å². The SMILES string of the molecule is CC1CCC(C23CCC(C(F)(F)Oc4ccc(O)c(F)c4F)(C=C2F)CC3)CC1. The number of phenolic OH excluding ortho intramolecular Hbond substituents is 1. The molecule has 2 saturated carbocycles. The molecule has 2 fully saturated rings. The first-order chi connectivity index (χ1) is 13.6. The molecule has 0 aliphatic heterocycles. The molecule has 0 heterocycles. The Balaban J connectivity index is 1.60. The summed E-state index contributed by atoms with van der Waals surface area (Å²) in [6, 6.07) is 1.49. The van der Waals surface area contributed by atoms with Crippen molar-refractivity contribution in [3.63, 3.8) is 0 Å². The van der Waals surface area contributed by atoms with Crippen molar-refractivity contribution in [1.29, 1.82) is 0 Å². The highest BCUT2D eigenvalue weighted by Crippen LogP contribution is 2.65. The summed E-state index contributed by atoms with van der Waals surface area (Å²) >= 11 is 0. The average molecular weight is 416 g/mol. The van der Waals surface area contributed by atoms with Crippen molar-refractivity contribution in [3.8, 4) is 11.5 Å². The van der Waals surface area contributed by atoms with Gasteiger partial charge in [0.25, 0.3) is 0 Å². The van der Waals surface area contributed by atoms with Crippen LogP contribution < -0.4 is 4.74 Å². The quantitative estimate of drug-likeness (QED) is 0.542. The van der Waals surface area contributed by atoms with Gasteiger partial charge in [-0.2, -0.15) is 17.6 Å². The number of aromatic hydroxyl groups is 1. The number of benzene rings is 1. The maximum atomic E-state index is 15.2. The highest BCUT2D eigenvalue weighted by molar-refractivity contribution is 5.35. The third-order valence-corrected chi connectivity index (χ3v) is 7.55. The van der Waals surface area contributed by atoms with E-state index in [4.69, 9.17) is 5.11 Å². The monoisotopic (exact) mass is 416 g/mol. The van der Waals surface area contributed by atoms with Gasteiger partial charge in [-0.25, -0.2) is 4.39 Å². The van der Waals surface area contributed by atoms with Gasteiger partial charge in [0.2, 0.25) is 11.6 Å². The Morgan fingerprint density at radius 1 is 0.966 bits per heavy atom. The van der Waals surface area contributed by atoms with Crippen LogP contribution in [0.3, 0.4) is 0 Å². The summed E-state index contributed by atoms with van der Waals surface area (Å²) in [6.45, 7) is 2.18. The normalized spacial score (nSPS) is 34.8. The minimum Gasteiger partial charge on any atom is -0.505 e. The summed E-state index contributed by atoms with van der Waals surface area (Å²) in [5.41, 5.74) is -2.56. The zero-order valence-corrected chi connectivity index (χ0v) is 16.3. The van der Waals surface area contributed by atoms with E-state index in [9.17, 15) is 8.78 Å². The van der Waals surface area contributed by atoms with Gasteiger partial charge in [0.05, 0.1) is 5.41 Å². The van der Waals surface area contributed by atoms with Gasteiger partial charge in [-0.15, -0.1) is 0 Å². The molecule has 0 saturated heterocycles. The van der Waals surface area contributed by atoms with E-state index in [1.54, 1.807) is 0 Å². The molecule has 29 heavy (non-hydrogen) atoms. The Labute approximate surface area is 166 Å². The Bertz CT molecular complexity index is 819. The Kier molecular flexibility index (Phi) is 4.86. The van der Waals surface area contributed by atoms with E-state index in [2.05, 4.69) is 11.7 Å². The molecule has 1 N–H and O–H groups in total. The van der Waals surface area contributed by atoms with E-state index < -0.39 is 45.9 Å². The molecule has 0 unspecified atom stereocenters. The van der Waals surface area contributed by atoms with Gasteiger partial charge in [0.1, 0.15) is 5.83 Å². The minimum atomic E-state index is -3.91. The molecule has 4 aliphatic carbocycles. The van der Waals surface area contributed by atoms with Crippen LogP contribution >= 0.6 is 0 Å². The van der Waals surface area contributed by atoms with Crippen molar-refractivity contribution in [3.05, 3.63) is 35.7 Å². The molecule has 7 heteroatoms. The lowest BCUT2D eigenvalue weighted by Crippen LogP contribution is -2.54. The van der Waals surface area contributed by atoms with Gasteiger partial charge in [0, 0.05) is 5.41 Å². The molecular formula is C22H25F5O2. The highest BCUT2D eigenvalue weighted by Gasteiger charge is 2.64. The average Bonchev–Trinajstić information content (AvgIpc) is 2.70. The maximum Gasteiger partial charge on any atom is 0.407 e. The zero-order chi connectivity index (χ0) is 21.0. The van der Waals surface area contributed by atoms with Crippen LogP contribution in [-0.4, -0.2) is 11.2 Å². The molecule has 4 aliphatic rings. The van der Waals surface area contributed by atoms with Gasteiger partial charge in [0.15, 0.2) is 11.5 Å². The van der Waals surface area contributed by atoms with Gasteiger partial charge in [-0.1, -0.05) is 19.8 Å². The summed E-state index contributed by atoms with van der Waals surface area (Å²) in [7, 11) is 0. The summed E-state index contributed by atoms with van der Waals surface area (Å²) < 4.78 is 77.5. The molecule has 2 nitrogen and oxygen atoms in total. The van der Waals surface area contributed by atoms with Crippen molar-refractivity contribution >= 4 is 0 Å². The number of ether oxygens (including phenoxy) is 1. The van der Waals surface area contributed by atoms with Gasteiger partial charge in [-0.05, 0) is 68.6 Å². The number of hydrogen-bond donors (Lipinski definition) is 1. The van der Waals surface area contributed by atoms with E-state index >= 15 is 13.2 Å². The second-order valence-corrected chi connectivity index (χ2v) is 9.09. The van der Waals surface area contributed by atoms with Crippen LogP contribution in [0.2, 0.25) is 0 Å². The second kappa shape index (κ2) is 6.88. The predicted octanol–water partition coefficient (Wildman–Crippen LogP) is 6.88. The summed E-state index contributed by atoms with van der Waals surface area (Å²) in [4.78, 5) is 0. The fourth-order valence-electron chi connectivity index (χ4n) is 5.54. The molecule has 160 valence electrons. The van der Waals surface area contributed by atoms with Crippen molar-refractivity contribution in [2.75, 3.05) is 0 Å². The predicted molar refractivity (Wildman–Crippen MR) is 97.2 cm³/mol. The highest BCUT2D eigenvalue weighted by atomic mass is 19.3. The molecule has 0 radical (unpaired) electrons. The number of hydrogen-bond acceptors (Lipinski definition) is 2. The van der Waals surface area contributed by atoms with Crippen LogP contribution in [0.5, 0.6) is 11.5 Å². The Morgan fingerprint density at radius 3 is 2.17 bits per heavy atom. The van der Waals surface area contributed by atoms with Crippen LogP contribution in [0.25, 0.3) is 0 Å². The number of phenols is 1. The lowest BCUT2D eigenvalue weighted by Gasteiger charge is -2.55. The van der Waals surface area contributed by atoms with E-state index in [0.29, 0.717) is 18.8 Å². The first kappa shape index (κ1) is 20.5. The van der Waals surface area contributed by atoms with Crippen LogP contribution in [0.4, 0.5) is 22.0 Å². The first-order valence-electron chi connectivity index (χ1n) is 10.2. The topological polar surface area (TPSA) is 29.5 Å². The summed E-state index contributed by atoms with van der Waals surface area (Å²) in [5.74, 6) is -5.08. The smallest absolute Gasteiger partial charge is 0.407 e. The number of rotatable bonds is 4.